The number of esters is 1. The number of nitrogens with zero attached hydrogens (tertiary/aromatic N) is 1. The van der Waals surface area contributed by atoms with Crippen LogP contribution < -0.4 is 4.74 Å². The Bertz CT molecular complexity index is 401. The summed E-state index contributed by atoms with van der Waals surface area (Å²) in [7, 11) is 2.52. The summed E-state index contributed by atoms with van der Waals surface area (Å²) >= 11 is 0. The first-order valence-electron chi connectivity index (χ1n) is 3.95. The predicted octanol–water partition coefficient (Wildman–Crippen LogP) is 0.575. The van der Waals surface area contributed by atoms with Crippen molar-refractivity contribution in [2.75, 3.05) is 14.2 Å². The van der Waals surface area contributed by atoms with Crippen LogP contribution in [0.2, 0.25) is 0 Å². The number of carboxylic acids is 1. The van der Waals surface area contributed by atoms with Gasteiger partial charge in [-0.3, -0.25) is 0 Å². The summed E-state index contributed by atoms with van der Waals surface area (Å²) in [5.74, 6) is -1.75. The van der Waals surface area contributed by atoms with Crippen molar-refractivity contribution in [3.8, 4) is 5.75 Å². The molecule has 0 spiro atoms. The van der Waals surface area contributed by atoms with E-state index in [0.717, 1.165) is 6.20 Å². The average molecular weight is 211 g/mol. The van der Waals surface area contributed by atoms with E-state index in [9.17, 15) is 9.59 Å². The molecule has 6 nitrogen and oxygen atoms in total. The number of pyridine rings is 1. The summed E-state index contributed by atoms with van der Waals surface area (Å²) in [4.78, 5) is 25.4. The van der Waals surface area contributed by atoms with Crippen molar-refractivity contribution in [1.82, 2.24) is 4.98 Å². The van der Waals surface area contributed by atoms with Crippen LogP contribution in [0.4, 0.5) is 0 Å². The Balaban J connectivity index is 3.20. The second kappa shape index (κ2) is 4.41. The predicted molar refractivity (Wildman–Crippen MR) is 49.1 cm³/mol. The van der Waals surface area contributed by atoms with Crippen molar-refractivity contribution in [2.45, 2.75) is 0 Å². The molecule has 0 aliphatic heterocycles. The molecular weight excluding hydrogens is 202 g/mol. The fourth-order valence-corrected chi connectivity index (χ4v) is 0.967. The highest BCUT2D eigenvalue weighted by Gasteiger charge is 2.16. The minimum absolute atomic E-state index is 0.0509. The highest BCUT2D eigenvalue weighted by Crippen LogP contribution is 2.18. The molecule has 0 fully saturated rings. The van der Waals surface area contributed by atoms with Gasteiger partial charge < -0.3 is 14.6 Å². The van der Waals surface area contributed by atoms with Gasteiger partial charge in [0.25, 0.3) is 0 Å². The molecule has 1 aromatic rings. The highest BCUT2D eigenvalue weighted by atomic mass is 16.5. The number of aromatic nitrogens is 1. The summed E-state index contributed by atoms with van der Waals surface area (Å²) in [6.45, 7) is 0. The smallest absolute Gasteiger partial charge is 0.360 e. The fourth-order valence-electron chi connectivity index (χ4n) is 0.967. The normalized spacial score (nSPS) is 9.47. The number of ether oxygens (including phenoxy) is 2. The lowest BCUT2D eigenvalue weighted by molar-refractivity contribution is 0.0587. The van der Waals surface area contributed by atoms with Crippen molar-refractivity contribution >= 4 is 11.9 Å². The lowest BCUT2D eigenvalue weighted by Gasteiger charge is -2.05. The first-order chi connectivity index (χ1) is 7.10. The first kappa shape index (κ1) is 11.0. The molecule has 1 N–H and O–H groups in total. The SMILES string of the molecule is COC(=O)c1ncc(C(=O)O)cc1OC. The Labute approximate surface area is 85.5 Å². The molecule has 0 aromatic carbocycles. The van der Waals surface area contributed by atoms with Gasteiger partial charge in [0.1, 0.15) is 0 Å². The van der Waals surface area contributed by atoms with Crippen LogP contribution in [0.25, 0.3) is 0 Å². The molecule has 0 bridgehead atoms. The van der Waals surface area contributed by atoms with Crippen molar-refractivity contribution in [1.29, 1.82) is 0 Å². The third-order valence-electron chi connectivity index (χ3n) is 1.70. The Hall–Kier alpha value is -2.11. The van der Waals surface area contributed by atoms with Crippen LogP contribution in [-0.4, -0.2) is 36.2 Å². The molecule has 1 aromatic heterocycles. The number of methoxy groups -OCH3 is 2. The third kappa shape index (κ3) is 2.22. The fraction of sp³-hybridized carbons (Fsp3) is 0.222. The molecule has 0 amide bonds. The van der Waals surface area contributed by atoms with Crippen LogP contribution >= 0.6 is 0 Å². The molecule has 0 saturated heterocycles. The van der Waals surface area contributed by atoms with Gasteiger partial charge in [0, 0.05) is 6.20 Å². The van der Waals surface area contributed by atoms with Crippen LogP contribution in [0.15, 0.2) is 12.3 Å². The number of aromatic carboxylic acids is 1. The number of hydrogen-bond acceptors (Lipinski definition) is 5. The Morgan fingerprint density at radius 1 is 1.40 bits per heavy atom. The summed E-state index contributed by atoms with van der Waals surface area (Å²) < 4.78 is 9.28. The summed E-state index contributed by atoms with van der Waals surface area (Å²) in [5.41, 5.74) is -0.107. The van der Waals surface area contributed by atoms with Gasteiger partial charge in [0.2, 0.25) is 0 Å². The molecule has 15 heavy (non-hydrogen) atoms. The van der Waals surface area contributed by atoms with Gasteiger partial charge in [-0.15, -0.1) is 0 Å². The van der Waals surface area contributed by atoms with Gasteiger partial charge in [-0.2, -0.15) is 0 Å². The molecule has 1 rings (SSSR count). The van der Waals surface area contributed by atoms with E-state index < -0.39 is 11.9 Å². The lowest BCUT2D eigenvalue weighted by atomic mass is 10.2. The molecule has 1 heterocycles. The molecule has 0 aliphatic carbocycles. The molecule has 0 unspecified atom stereocenters. The van der Waals surface area contributed by atoms with Crippen LogP contribution in [0.3, 0.4) is 0 Å². The van der Waals surface area contributed by atoms with Crippen molar-refractivity contribution in [3.05, 3.63) is 23.5 Å². The molecular formula is C9H9NO5. The topological polar surface area (TPSA) is 85.7 Å². The Morgan fingerprint density at radius 2 is 2.07 bits per heavy atom. The van der Waals surface area contributed by atoms with E-state index in [-0.39, 0.29) is 17.0 Å². The Kier molecular flexibility index (Phi) is 3.22. The van der Waals surface area contributed by atoms with E-state index >= 15 is 0 Å². The number of rotatable bonds is 3. The van der Waals surface area contributed by atoms with E-state index in [1.807, 2.05) is 0 Å². The zero-order valence-electron chi connectivity index (χ0n) is 8.18. The van der Waals surface area contributed by atoms with E-state index in [1.165, 1.54) is 20.3 Å². The van der Waals surface area contributed by atoms with Crippen LogP contribution in [0.5, 0.6) is 5.75 Å². The quantitative estimate of drug-likeness (QED) is 0.736. The number of carbonyl (C=O) groups excluding carboxylic acids is 1. The molecule has 0 atom stereocenters. The van der Waals surface area contributed by atoms with Gasteiger partial charge in [0.15, 0.2) is 11.4 Å². The second-order valence-corrected chi connectivity index (χ2v) is 2.57. The van der Waals surface area contributed by atoms with Crippen LogP contribution in [0, 0.1) is 0 Å². The molecule has 0 radical (unpaired) electrons. The molecule has 6 heteroatoms. The molecule has 80 valence electrons. The Morgan fingerprint density at radius 3 is 2.53 bits per heavy atom. The van der Waals surface area contributed by atoms with Gasteiger partial charge in [-0.05, 0) is 6.07 Å². The maximum Gasteiger partial charge on any atom is 0.360 e. The largest absolute Gasteiger partial charge is 0.494 e. The van der Waals surface area contributed by atoms with Crippen LogP contribution in [0.1, 0.15) is 20.8 Å². The van der Waals surface area contributed by atoms with E-state index in [4.69, 9.17) is 9.84 Å². The van der Waals surface area contributed by atoms with E-state index in [0.29, 0.717) is 0 Å². The zero-order valence-corrected chi connectivity index (χ0v) is 8.18. The van der Waals surface area contributed by atoms with Gasteiger partial charge in [-0.25, -0.2) is 14.6 Å². The minimum atomic E-state index is -1.14. The average Bonchev–Trinajstić information content (AvgIpc) is 2.27. The summed E-state index contributed by atoms with van der Waals surface area (Å²) in [6, 6.07) is 1.21. The molecule has 0 aliphatic rings. The van der Waals surface area contributed by atoms with Gasteiger partial charge in [0.05, 0.1) is 19.8 Å². The highest BCUT2D eigenvalue weighted by molar-refractivity contribution is 5.93. The van der Waals surface area contributed by atoms with E-state index in [2.05, 4.69) is 9.72 Å². The number of carbonyl (C=O) groups is 2. The zero-order chi connectivity index (χ0) is 11.4. The third-order valence-corrected chi connectivity index (χ3v) is 1.70. The van der Waals surface area contributed by atoms with E-state index in [1.54, 1.807) is 0 Å². The van der Waals surface area contributed by atoms with Crippen molar-refractivity contribution in [2.24, 2.45) is 0 Å². The monoisotopic (exact) mass is 211 g/mol. The summed E-state index contributed by atoms with van der Waals surface area (Å²) in [6.07, 6.45) is 1.07. The molecule has 0 saturated carbocycles. The van der Waals surface area contributed by atoms with Crippen molar-refractivity contribution in [3.63, 3.8) is 0 Å². The number of carboxylic acid groups (broad SMARTS) is 1. The number of hydrogen-bond donors (Lipinski definition) is 1. The standard InChI is InChI=1S/C9H9NO5/c1-14-6-3-5(8(11)12)4-10-7(6)9(13)15-2/h3-4H,1-2H3,(H,11,12). The summed E-state index contributed by atoms with van der Waals surface area (Å²) in [5, 5.41) is 8.68. The maximum atomic E-state index is 11.2. The minimum Gasteiger partial charge on any atom is -0.494 e. The second-order valence-electron chi connectivity index (χ2n) is 2.57. The van der Waals surface area contributed by atoms with Gasteiger partial charge >= 0.3 is 11.9 Å². The maximum absolute atomic E-state index is 11.2. The van der Waals surface area contributed by atoms with Crippen LogP contribution in [-0.2, 0) is 4.74 Å². The van der Waals surface area contributed by atoms with Gasteiger partial charge in [-0.1, -0.05) is 0 Å². The van der Waals surface area contributed by atoms with Crippen molar-refractivity contribution < 1.29 is 24.2 Å². The lowest BCUT2D eigenvalue weighted by Crippen LogP contribution is -2.09. The first-order valence-corrected chi connectivity index (χ1v) is 3.95.